The molecule has 0 saturated heterocycles. The van der Waals surface area contributed by atoms with E-state index in [2.05, 4.69) is 4.74 Å². The Kier molecular flexibility index (Phi) is 5.46. The number of hydrogen-bond acceptors (Lipinski definition) is 3. The number of hydrogen-bond donors (Lipinski definition) is 0. The fourth-order valence-corrected chi connectivity index (χ4v) is 0.268. The predicted molar refractivity (Wildman–Crippen MR) is 32.7 cm³/mol. The third kappa shape index (κ3) is 7.59. The van der Waals surface area contributed by atoms with Crippen LogP contribution in [0.2, 0.25) is 0 Å². The Labute approximate surface area is 55.0 Å². The molecule has 0 fully saturated rings. The van der Waals surface area contributed by atoms with Crippen molar-refractivity contribution in [2.75, 3.05) is 13.4 Å². The molecule has 53 valence electrons. The first-order valence-corrected chi connectivity index (χ1v) is 2.81. The van der Waals surface area contributed by atoms with Gasteiger partial charge in [0.15, 0.2) is 0 Å². The van der Waals surface area contributed by atoms with Gasteiger partial charge < -0.3 is 9.47 Å². The molecule has 0 aromatic rings. The molecule has 0 atom stereocenters. The average Bonchev–Trinajstić information content (AvgIpc) is 1.80. The molecule has 0 rings (SSSR count). The lowest BCUT2D eigenvalue weighted by Gasteiger charge is -2.04. The highest BCUT2D eigenvalue weighted by Gasteiger charge is 1.90. The summed E-state index contributed by atoms with van der Waals surface area (Å²) in [5.41, 5.74) is 0. The summed E-state index contributed by atoms with van der Waals surface area (Å²) in [6.45, 7) is 3.96. The molecule has 3 heteroatoms. The van der Waals surface area contributed by atoms with Crippen LogP contribution < -0.4 is 0 Å². The number of rotatable bonds is 5. The summed E-state index contributed by atoms with van der Waals surface area (Å²) in [5.74, 6) is 0. The monoisotopic (exact) mass is 131 g/mol. The summed E-state index contributed by atoms with van der Waals surface area (Å²) in [6.07, 6.45) is 1.74. The molecule has 3 nitrogen and oxygen atoms in total. The SMILES string of the molecule is CC(C)OCOC[C]=O. The van der Waals surface area contributed by atoms with Crippen LogP contribution in [0.25, 0.3) is 0 Å². The fraction of sp³-hybridized carbons (Fsp3) is 0.833. The zero-order chi connectivity index (χ0) is 7.11. The molecule has 0 bridgehead atoms. The standard InChI is InChI=1S/C6H11O3/c1-6(2)9-5-8-4-3-7/h6H,4-5H2,1-2H3. The van der Waals surface area contributed by atoms with E-state index in [1.807, 2.05) is 13.8 Å². The van der Waals surface area contributed by atoms with Crippen molar-refractivity contribution in [3.63, 3.8) is 0 Å². The Morgan fingerprint density at radius 3 is 2.67 bits per heavy atom. The summed E-state index contributed by atoms with van der Waals surface area (Å²) in [7, 11) is 0. The van der Waals surface area contributed by atoms with Gasteiger partial charge in [-0.2, -0.15) is 0 Å². The van der Waals surface area contributed by atoms with Crippen LogP contribution in [0, 0.1) is 0 Å². The van der Waals surface area contributed by atoms with Crippen molar-refractivity contribution >= 4 is 6.29 Å². The van der Waals surface area contributed by atoms with Crippen LogP contribution in [0.4, 0.5) is 0 Å². The van der Waals surface area contributed by atoms with E-state index >= 15 is 0 Å². The van der Waals surface area contributed by atoms with Crippen LogP contribution in [-0.2, 0) is 14.3 Å². The van der Waals surface area contributed by atoms with E-state index in [9.17, 15) is 4.79 Å². The Morgan fingerprint density at radius 1 is 1.56 bits per heavy atom. The Hall–Kier alpha value is -0.410. The van der Waals surface area contributed by atoms with Gasteiger partial charge in [0.05, 0.1) is 6.10 Å². The third-order valence-electron chi connectivity index (χ3n) is 0.646. The van der Waals surface area contributed by atoms with Crippen LogP contribution >= 0.6 is 0 Å². The molecule has 0 amide bonds. The zero-order valence-corrected chi connectivity index (χ0v) is 5.72. The van der Waals surface area contributed by atoms with E-state index in [1.165, 1.54) is 0 Å². The third-order valence-corrected chi connectivity index (χ3v) is 0.646. The van der Waals surface area contributed by atoms with Gasteiger partial charge in [-0.3, -0.25) is 4.79 Å². The van der Waals surface area contributed by atoms with Crippen molar-refractivity contribution in [3.05, 3.63) is 0 Å². The lowest BCUT2D eigenvalue weighted by atomic mass is 10.5. The second kappa shape index (κ2) is 5.72. The minimum Gasteiger partial charge on any atom is -0.353 e. The lowest BCUT2D eigenvalue weighted by Crippen LogP contribution is -2.07. The molecule has 0 aromatic carbocycles. The second-order valence-electron chi connectivity index (χ2n) is 1.83. The normalized spacial score (nSPS) is 10.1. The Bertz CT molecular complexity index is 70.7. The molecule has 0 aliphatic rings. The molecule has 0 N–H and O–H groups in total. The van der Waals surface area contributed by atoms with Gasteiger partial charge in [0.1, 0.15) is 13.4 Å². The molecule has 0 saturated carbocycles. The van der Waals surface area contributed by atoms with Crippen LogP contribution in [0.5, 0.6) is 0 Å². The maximum Gasteiger partial charge on any atom is 0.226 e. The summed E-state index contributed by atoms with van der Waals surface area (Å²) in [4.78, 5) is 9.54. The van der Waals surface area contributed by atoms with E-state index < -0.39 is 0 Å². The van der Waals surface area contributed by atoms with E-state index in [1.54, 1.807) is 6.29 Å². The van der Waals surface area contributed by atoms with Crippen molar-refractivity contribution in [1.82, 2.24) is 0 Å². The molecule has 0 unspecified atom stereocenters. The highest BCUT2D eigenvalue weighted by Crippen LogP contribution is 1.86. The van der Waals surface area contributed by atoms with Gasteiger partial charge in [-0.15, -0.1) is 0 Å². The van der Waals surface area contributed by atoms with Gasteiger partial charge in [0.2, 0.25) is 6.29 Å². The van der Waals surface area contributed by atoms with Crippen molar-refractivity contribution in [2.45, 2.75) is 20.0 Å². The maximum atomic E-state index is 9.54. The molecule has 0 aliphatic heterocycles. The smallest absolute Gasteiger partial charge is 0.226 e. The fourth-order valence-electron chi connectivity index (χ4n) is 0.268. The van der Waals surface area contributed by atoms with E-state index in [0.717, 1.165) is 0 Å². The summed E-state index contributed by atoms with van der Waals surface area (Å²) >= 11 is 0. The van der Waals surface area contributed by atoms with Crippen LogP contribution in [0.15, 0.2) is 0 Å². The first-order valence-electron chi connectivity index (χ1n) is 2.81. The lowest BCUT2D eigenvalue weighted by molar-refractivity contribution is -0.0673. The van der Waals surface area contributed by atoms with E-state index in [-0.39, 0.29) is 19.5 Å². The highest BCUT2D eigenvalue weighted by molar-refractivity contribution is 5.51. The Morgan fingerprint density at radius 2 is 2.22 bits per heavy atom. The van der Waals surface area contributed by atoms with Gasteiger partial charge in [-0.05, 0) is 13.8 Å². The number of ether oxygens (including phenoxy) is 2. The van der Waals surface area contributed by atoms with Crippen LogP contribution in [0.1, 0.15) is 13.8 Å². The second-order valence-corrected chi connectivity index (χ2v) is 1.83. The average molecular weight is 131 g/mol. The van der Waals surface area contributed by atoms with Gasteiger partial charge in [-0.1, -0.05) is 0 Å². The highest BCUT2D eigenvalue weighted by atomic mass is 16.7. The molecular formula is C6H11O3. The van der Waals surface area contributed by atoms with Crippen molar-refractivity contribution < 1.29 is 14.3 Å². The van der Waals surface area contributed by atoms with Crippen molar-refractivity contribution in [3.8, 4) is 0 Å². The van der Waals surface area contributed by atoms with Crippen LogP contribution in [0.3, 0.4) is 0 Å². The number of carbonyl (C=O) groups excluding carboxylic acids is 1. The first kappa shape index (κ1) is 8.59. The summed E-state index contributed by atoms with van der Waals surface area (Å²) in [5, 5.41) is 0. The molecular weight excluding hydrogens is 120 g/mol. The topological polar surface area (TPSA) is 35.5 Å². The first-order chi connectivity index (χ1) is 4.27. The van der Waals surface area contributed by atoms with Crippen molar-refractivity contribution in [2.24, 2.45) is 0 Å². The van der Waals surface area contributed by atoms with E-state index in [0.29, 0.717) is 0 Å². The van der Waals surface area contributed by atoms with Crippen LogP contribution in [-0.4, -0.2) is 25.8 Å². The van der Waals surface area contributed by atoms with Crippen molar-refractivity contribution in [1.29, 1.82) is 0 Å². The van der Waals surface area contributed by atoms with Gasteiger partial charge >= 0.3 is 0 Å². The largest absolute Gasteiger partial charge is 0.353 e. The Balaban J connectivity index is 2.82. The minimum atomic E-state index is -0.00722. The summed E-state index contributed by atoms with van der Waals surface area (Å²) < 4.78 is 9.59. The van der Waals surface area contributed by atoms with E-state index in [4.69, 9.17) is 4.74 Å². The zero-order valence-electron chi connectivity index (χ0n) is 5.72. The predicted octanol–water partition coefficient (Wildman–Crippen LogP) is 0.495. The molecule has 0 aliphatic carbocycles. The molecule has 0 spiro atoms. The van der Waals surface area contributed by atoms with Gasteiger partial charge in [0, 0.05) is 0 Å². The minimum absolute atomic E-state index is 0.00722. The molecule has 0 aromatic heterocycles. The van der Waals surface area contributed by atoms with Gasteiger partial charge in [0.25, 0.3) is 0 Å². The summed E-state index contributed by atoms with van der Waals surface area (Å²) in [6, 6.07) is 0. The quantitative estimate of drug-likeness (QED) is 0.402. The molecule has 1 radical (unpaired) electrons. The molecule has 0 heterocycles. The molecule has 9 heavy (non-hydrogen) atoms. The maximum absolute atomic E-state index is 9.54. The van der Waals surface area contributed by atoms with Gasteiger partial charge in [-0.25, -0.2) is 0 Å².